The summed E-state index contributed by atoms with van der Waals surface area (Å²) >= 11 is 1.57. The number of amides is 1. The van der Waals surface area contributed by atoms with E-state index in [1.807, 2.05) is 18.2 Å². The summed E-state index contributed by atoms with van der Waals surface area (Å²) in [5.74, 6) is 0.915. The molecule has 1 aliphatic heterocycles. The molecule has 1 aliphatic rings. The number of thiophene rings is 1. The fraction of sp³-hybridized carbons (Fsp3) is 0.444. The Morgan fingerprint density at radius 2 is 2.04 bits per heavy atom. The number of carbonyl (C=O) groups is 1. The van der Waals surface area contributed by atoms with Crippen LogP contribution in [0.5, 0.6) is 0 Å². The van der Waals surface area contributed by atoms with Gasteiger partial charge < -0.3 is 15.1 Å². The van der Waals surface area contributed by atoms with E-state index in [0.29, 0.717) is 0 Å². The third-order valence-electron chi connectivity index (χ3n) is 4.40. The summed E-state index contributed by atoms with van der Waals surface area (Å²) in [6, 6.07) is 5.88. The van der Waals surface area contributed by atoms with Crippen LogP contribution in [-0.2, 0) is 6.42 Å². The summed E-state index contributed by atoms with van der Waals surface area (Å²) in [4.78, 5) is 23.5. The second-order valence-electron chi connectivity index (χ2n) is 6.22. The van der Waals surface area contributed by atoms with Gasteiger partial charge in [0.15, 0.2) is 0 Å². The molecule has 1 N–H and O–H groups in total. The van der Waals surface area contributed by atoms with Gasteiger partial charge in [-0.2, -0.15) is 0 Å². The zero-order valence-corrected chi connectivity index (χ0v) is 15.3. The van der Waals surface area contributed by atoms with E-state index in [1.165, 1.54) is 10.4 Å². The normalized spacial score (nSPS) is 15.5. The van der Waals surface area contributed by atoms with Gasteiger partial charge in [0.05, 0.1) is 16.8 Å². The molecule has 0 aliphatic carbocycles. The number of pyridine rings is 1. The lowest BCUT2D eigenvalue weighted by Crippen LogP contribution is -2.44. The van der Waals surface area contributed by atoms with Crippen molar-refractivity contribution in [3.8, 4) is 0 Å². The molecule has 1 fully saturated rings. The molecule has 1 saturated heterocycles. The van der Waals surface area contributed by atoms with Crippen LogP contribution in [0, 0.1) is 6.92 Å². The Kier molecular flexibility index (Phi) is 5.16. The lowest BCUT2D eigenvalue weighted by molar-refractivity contribution is 0.103. The third-order valence-corrected chi connectivity index (χ3v) is 5.78. The smallest absolute Gasteiger partial charge is 0.265 e. The lowest BCUT2D eigenvalue weighted by atomic mass is 10.2. The average molecular weight is 344 g/mol. The minimum absolute atomic E-state index is 0.0584. The number of anilines is 2. The van der Waals surface area contributed by atoms with Crippen LogP contribution in [0.15, 0.2) is 24.4 Å². The number of piperazine rings is 1. The first-order valence-electron chi connectivity index (χ1n) is 8.37. The predicted molar refractivity (Wildman–Crippen MR) is 100 cm³/mol. The molecule has 3 heterocycles. The van der Waals surface area contributed by atoms with Crippen molar-refractivity contribution < 1.29 is 4.79 Å². The maximum absolute atomic E-state index is 12.4. The SMILES string of the molecule is CCc1sc(C(=O)Nc2ccc(N3CCN(C)CC3)nc2)cc1C. The Hall–Kier alpha value is -1.92. The predicted octanol–water partition coefficient (Wildman–Crippen LogP) is 3.02. The first kappa shape index (κ1) is 16.9. The van der Waals surface area contributed by atoms with E-state index in [9.17, 15) is 4.79 Å². The minimum Gasteiger partial charge on any atom is -0.354 e. The van der Waals surface area contributed by atoms with Crippen molar-refractivity contribution in [1.82, 2.24) is 9.88 Å². The van der Waals surface area contributed by atoms with Gasteiger partial charge in [0.25, 0.3) is 5.91 Å². The van der Waals surface area contributed by atoms with E-state index in [1.54, 1.807) is 17.5 Å². The van der Waals surface area contributed by atoms with E-state index in [4.69, 9.17) is 0 Å². The number of hydrogen-bond donors (Lipinski definition) is 1. The zero-order chi connectivity index (χ0) is 17.1. The largest absolute Gasteiger partial charge is 0.354 e. The molecule has 128 valence electrons. The molecule has 0 bridgehead atoms. The maximum Gasteiger partial charge on any atom is 0.265 e. The molecular formula is C18H24N4OS. The number of rotatable bonds is 4. The van der Waals surface area contributed by atoms with Crippen molar-refractivity contribution in [3.05, 3.63) is 39.7 Å². The van der Waals surface area contributed by atoms with Gasteiger partial charge in [-0.3, -0.25) is 4.79 Å². The molecule has 0 unspecified atom stereocenters. The Balaban J connectivity index is 1.64. The molecule has 1 amide bonds. The number of carbonyl (C=O) groups excluding carboxylic acids is 1. The van der Waals surface area contributed by atoms with Crippen molar-refractivity contribution >= 4 is 28.7 Å². The Bertz CT molecular complexity index is 702. The Labute approximate surface area is 147 Å². The molecule has 0 aromatic carbocycles. The van der Waals surface area contributed by atoms with Gasteiger partial charge in [-0.25, -0.2) is 4.98 Å². The molecular weight excluding hydrogens is 320 g/mol. The number of aromatic nitrogens is 1. The number of nitrogens with zero attached hydrogens (tertiary/aromatic N) is 3. The molecule has 24 heavy (non-hydrogen) atoms. The van der Waals surface area contributed by atoms with Gasteiger partial charge in [-0.15, -0.1) is 11.3 Å². The molecule has 2 aromatic heterocycles. The third kappa shape index (κ3) is 3.76. The van der Waals surface area contributed by atoms with Gasteiger partial charge in [-0.05, 0) is 44.2 Å². The fourth-order valence-electron chi connectivity index (χ4n) is 2.86. The number of nitrogens with one attached hydrogen (secondary N) is 1. The maximum atomic E-state index is 12.4. The fourth-order valence-corrected chi connectivity index (χ4v) is 3.87. The van der Waals surface area contributed by atoms with E-state index in [0.717, 1.165) is 49.0 Å². The highest BCUT2D eigenvalue weighted by Gasteiger charge is 2.16. The second kappa shape index (κ2) is 7.32. The van der Waals surface area contributed by atoms with Crippen LogP contribution >= 0.6 is 11.3 Å². The topological polar surface area (TPSA) is 48.5 Å². The van der Waals surface area contributed by atoms with Crippen LogP contribution in [0.2, 0.25) is 0 Å². The highest BCUT2D eigenvalue weighted by molar-refractivity contribution is 7.14. The molecule has 0 spiro atoms. The Morgan fingerprint density at radius 1 is 1.29 bits per heavy atom. The van der Waals surface area contributed by atoms with E-state index >= 15 is 0 Å². The van der Waals surface area contributed by atoms with E-state index < -0.39 is 0 Å². The number of likely N-dealkylation sites (N-methyl/N-ethyl adjacent to an activating group) is 1. The summed E-state index contributed by atoms with van der Waals surface area (Å²) in [5, 5.41) is 2.94. The van der Waals surface area contributed by atoms with Gasteiger partial charge in [0.2, 0.25) is 0 Å². The zero-order valence-electron chi connectivity index (χ0n) is 14.5. The van der Waals surface area contributed by atoms with Gasteiger partial charge in [-0.1, -0.05) is 6.92 Å². The standard InChI is InChI=1S/C18H24N4OS/c1-4-15-13(2)11-16(24-15)18(23)20-14-5-6-17(19-12-14)22-9-7-21(3)8-10-22/h5-6,11-12H,4,7-10H2,1-3H3,(H,20,23). The molecule has 2 aromatic rings. The van der Waals surface area contributed by atoms with Crippen molar-refractivity contribution in [2.45, 2.75) is 20.3 Å². The highest BCUT2D eigenvalue weighted by atomic mass is 32.1. The summed E-state index contributed by atoms with van der Waals surface area (Å²) < 4.78 is 0. The first-order valence-corrected chi connectivity index (χ1v) is 9.18. The van der Waals surface area contributed by atoms with Crippen LogP contribution in [0.1, 0.15) is 27.0 Å². The minimum atomic E-state index is -0.0584. The van der Waals surface area contributed by atoms with Gasteiger partial charge in [0, 0.05) is 31.1 Å². The molecule has 0 radical (unpaired) electrons. The van der Waals surface area contributed by atoms with Crippen molar-refractivity contribution in [1.29, 1.82) is 0 Å². The van der Waals surface area contributed by atoms with Crippen LogP contribution in [-0.4, -0.2) is 49.0 Å². The van der Waals surface area contributed by atoms with E-state index in [2.05, 4.69) is 41.0 Å². The number of hydrogen-bond acceptors (Lipinski definition) is 5. The van der Waals surface area contributed by atoms with Crippen molar-refractivity contribution in [2.75, 3.05) is 43.4 Å². The van der Waals surface area contributed by atoms with Crippen LogP contribution in [0.3, 0.4) is 0 Å². The highest BCUT2D eigenvalue weighted by Crippen LogP contribution is 2.23. The molecule has 0 atom stereocenters. The summed E-state index contributed by atoms with van der Waals surface area (Å²) in [6.07, 6.45) is 2.71. The van der Waals surface area contributed by atoms with Gasteiger partial charge in [0.1, 0.15) is 5.82 Å². The summed E-state index contributed by atoms with van der Waals surface area (Å²) in [5.41, 5.74) is 1.93. The molecule has 6 heteroatoms. The van der Waals surface area contributed by atoms with Crippen LogP contribution < -0.4 is 10.2 Å². The van der Waals surface area contributed by atoms with E-state index in [-0.39, 0.29) is 5.91 Å². The molecule has 0 saturated carbocycles. The molecule has 3 rings (SSSR count). The van der Waals surface area contributed by atoms with Crippen LogP contribution in [0.25, 0.3) is 0 Å². The summed E-state index contributed by atoms with van der Waals surface area (Å²) in [7, 11) is 2.14. The van der Waals surface area contributed by atoms with Crippen molar-refractivity contribution in [3.63, 3.8) is 0 Å². The first-order chi connectivity index (χ1) is 11.6. The number of aryl methyl sites for hydroxylation is 2. The monoisotopic (exact) mass is 344 g/mol. The lowest BCUT2D eigenvalue weighted by Gasteiger charge is -2.33. The summed E-state index contributed by atoms with van der Waals surface area (Å²) in [6.45, 7) is 8.25. The van der Waals surface area contributed by atoms with Crippen molar-refractivity contribution in [2.24, 2.45) is 0 Å². The molecule has 5 nitrogen and oxygen atoms in total. The Morgan fingerprint density at radius 3 is 2.62 bits per heavy atom. The second-order valence-corrected chi connectivity index (χ2v) is 7.36. The quantitative estimate of drug-likeness (QED) is 0.926. The van der Waals surface area contributed by atoms with Crippen LogP contribution in [0.4, 0.5) is 11.5 Å². The van der Waals surface area contributed by atoms with Gasteiger partial charge >= 0.3 is 0 Å². The average Bonchev–Trinajstić information content (AvgIpc) is 2.97.